The van der Waals surface area contributed by atoms with E-state index in [9.17, 15) is 0 Å². The second-order valence-corrected chi connectivity index (χ2v) is 3.79. The lowest BCUT2D eigenvalue weighted by Crippen LogP contribution is -1.93. The van der Waals surface area contributed by atoms with Gasteiger partial charge in [0, 0.05) is 11.8 Å². The van der Waals surface area contributed by atoms with E-state index in [1.54, 1.807) is 7.11 Å². The van der Waals surface area contributed by atoms with E-state index < -0.39 is 0 Å². The average Bonchev–Trinajstić information content (AvgIpc) is 2.37. The van der Waals surface area contributed by atoms with Gasteiger partial charge in [0.1, 0.15) is 5.75 Å². The van der Waals surface area contributed by atoms with E-state index in [-0.39, 0.29) is 0 Å². The lowest BCUT2D eigenvalue weighted by molar-refractivity contribution is 0.411. The number of hydrogen-bond donors (Lipinski definition) is 0. The summed E-state index contributed by atoms with van der Waals surface area (Å²) in [5.41, 5.74) is 3.05. The lowest BCUT2D eigenvalue weighted by atomic mass is 10.1. The first kappa shape index (κ1) is 11.4. The van der Waals surface area contributed by atoms with Gasteiger partial charge < -0.3 is 4.74 Å². The van der Waals surface area contributed by atoms with Crippen LogP contribution in [0.4, 0.5) is 5.69 Å². The smallest absolute Gasteiger partial charge is 0.130 e. The summed E-state index contributed by atoms with van der Waals surface area (Å²) in [5, 5.41) is 0. The van der Waals surface area contributed by atoms with Crippen molar-refractivity contribution >= 4 is 11.9 Å². The molecule has 0 radical (unpaired) electrons. The lowest BCUT2D eigenvalue weighted by Gasteiger charge is -2.07. The van der Waals surface area contributed by atoms with Crippen molar-refractivity contribution in [1.29, 1.82) is 0 Å². The number of rotatable bonds is 3. The van der Waals surface area contributed by atoms with Crippen LogP contribution < -0.4 is 4.74 Å². The van der Waals surface area contributed by atoms with Crippen LogP contribution in [0.5, 0.6) is 5.75 Å². The summed E-state index contributed by atoms with van der Waals surface area (Å²) in [5.74, 6) is 0.882. The van der Waals surface area contributed by atoms with Crippen LogP contribution in [-0.2, 0) is 0 Å². The van der Waals surface area contributed by atoms with Crippen molar-refractivity contribution in [2.75, 3.05) is 7.11 Å². The molecule has 0 heterocycles. The largest absolute Gasteiger partial charge is 0.496 e. The normalized spacial score (nSPS) is 10.7. The van der Waals surface area contributed by atoms with E-state index in [0.29, 0.717) is 0 Å². The fourth-order valence-corrected chi connectivity index (χ4v) is 1.71. The molecule has 0 saturated carbocycles. The summed E-state index contributed by atoms with van der Waals surface area (Å²) in [6, 6.07) is 15.9. The molecule has 2 heteroatoms. The van der Waals surface area contributed by atoms with Crippen molar-refractivity contribution in [1.82, 2.24) is 0 Å². The third-order valence-corrected chi connectivity index (χ3v) is 2.56. The van der Waals surface area contributed by atoms with Gasteiger partial charge in [-0.15, -0.1) is 0 Å². The highest BCUT2D eigenvalue weighted by atomic mass is 16.5. The molecular weight excluding hydrogens is 210 g/mol. The topological polar surface area (TPSA) is 21.6 Å². The molecule has 0 unspecified atom stereocenters. The fourth-order valence-electron chi connectivity index (χ4n) is 1.71. The molecule has 2 aromatic carbocycles. The Morgan fingerprint density at radius 3 is 2.47 bits per heavy atom. The van der Waals surface area contributed by atoms with E-state index in [1.165, 1.54) is 0 Å². The monoisotopic (exact) mass is 225 g/mol. The van der Waals surface area contributed by atoms with Gasteiger partial charge in [0.2, 0.25) is 0 Å². The Morgan fingerprint density at radius 1 is 1.00 bits per heavy atom. The molecule has 0 spiro atoms. The van der Waals surface area contributed by atoms with E-state index >= 15 is 0 Å². The second kappa shape index (κ2) is 5.30. The Kier molecular flexibility index (Phi) is 3.55. The first-order valence-electron chi connectivity index (χ1n) is 5.54. The maximum atomic E-state index is 5.37. The minimum Gasteiger partial charge on any atom is -0.496 e. The number of hydrogen-bond acceptors (Lipinski definition) is 2. The molecule has 2 rings (SSSR count). The Hall–Kier alpha value is -2.09. The van der Waals surface area contributed by atoms with Crippen LogP contribution in [0.1, 0.15) is 11.1 Å². The average molecular weight is 225 g/mol. The van der Waals surface area contributed by atoms with Gasteiger partial charge in [-0.1, -0.05) is 30.3 Å². The molecule has 86 valence electrons. The molecule has 0 aliphatic rings. The number of para-hydroxylation sites is 2. The molecule has 2 nitrogen and oxygen atoms in total. The van der Waals surface area contributed by atoms with E-state index in [4.69, 9.17) is 4.74 Å². The summed E-state index contributed by atoms with van der Waals surface area (Å²) in [7, 11) is 1.68. The van der Waals surface area contributed by atoms with Crippen molar-refractivity contribution in [3.8, 4) is 5.75 Å². The minimum atomic E-state index is 0.882. The van der Waals surface area contributed by atoms with Crippen molar-refractivity contribution < 1.29 is 4.74 Å². The molecule has 0 aliphatic heterocycles. The van der Waals surface area contributed by atoms with Crippen molar-refractivity contribution in [3.63, 3.8) is 0 Å². The van der Waals surface area contributed by atoms with Crippen molar-refractivity contribution in [2.24, 2.45) is 4.99 Å². The van der Waals surface area contributed by atoms with Crippen LogP contribution >= 0.6 is 0 Å². The van der Waals surface area contributed by atoms with Crippen LogP contribution in [-0.4, -0.2) is 13.3 Å². The van der Waals surface area contributed by atoms with E-state index in [1.807, 2.05) is 61.7 Å². The second-order valence-electron chi connectivity index (χ2n) is 3.79. The molecule has 0 amide bonds. The van der Waals surface area contributed by atoms with Crippen LogP contribution in [0.25, 0.3) is 0 Å². The molecule has 0 bridgehead atoms. The van der Waals surface area contributed by atoms with Crippen molar-refractivity contribution in [2.45, 2.75) is 6.92 Å². The third-order valence-electron chi connectivity index (χ3n) is 2.56. The Labute approximate surface area is 102 Å². The highest BCUT2D eigenvalue weighted by molar-refractivity contribution is 5.86. The summed E-state index contributed by atoms with van der Waals surface area (Å²) >= 11 is 0. The third kappa shape index (κ3) is 2.72. The molecule has 17 heavy (non-hydrogen) atoms. The first-order chi connectivity index (χ1) is 8.31. The predicted octanol–water partition coefficient (Wildman–Crippen LogP) is 3.75. The molecular formula is C15H15NO. The van der Waals surface area contributed by atoms with Crippen LogP contribution in [0, 0.1) is 6.92 Å². The Bertz CT molecular complexity index is 518. The summed E-state index contributed by atoms with van der Waals surface area (Å²) in [6.07, 6.45) is 1.83. The fraction of sp³-hybridized carbons (Fsp3) is 0.133. The molecule has 2 aromatic rings. The van der Waals surface area contributed by atoms with Gasteiger partial charge in [-0.25, -0.2) is 0 Å². The number of aliphatic imine (C=N–C) groups is 1. The van der Waals surface area contributed by atoms with Gasteiger partial charge in [0.05, 0.1) is 12.8 Å². The number of nitrogens with zero attached hydrogens (tertiary/aromatic N) is 1. The number of benzene rings is 2. The van der Waals surface area contributed by atoms with Crippen LogP contribution in [0.15, 0.2) is 53.5 Å². The van der Waals surface area contributed by atoms with Gasteiger partial charge in [-0.05, 0) is 30.7 Å². The number of methoxy groups -OCH3 is 1. The molecule has 0 atom stereocenters. The maximum Gasteiger partial charge on any atom is 0.130 e. The molecule has 0 fully saturated rings. The zero-order valence-electron chi connectivity index (χ0n) is 10.1. The van der Waals surface area contributed by atoms with Gasteiger partial charge in [0.25, 0.3) is 0 Å². The van der Waals surface area contributed by atoms with E-state index in [2.05, 4.69) is 4.99 Å². The first-order valence-corrected chi connectivity index (χ1v) is 5.54. The highest BCUT2D eigenvalue weighted by Crippen LogP contribution is 2.22. The standard InChI is InChI=1S/C15H15NO/c1-12-7-6-8-13(15(12)17-2)11-16-14-9-4-3-5-10-14/h3-11H,1-2H3. The van der Waals surface area contributed by atoms with Crippen LogP contribution in [0.2, 0.25) is 0 Å². The summed E-state index contributed by atoms with van der Waals surface area (Å²) in [4.78, 5) is 4.42. The van der Waals surface area contributed by atoms with Crippen molar-refractivity contribution in [3.05, 3.63) is 59.7 Å². The Morgan fingerprint density at radius 2 is 1.76 bits per heavy atom. The number of aryl methyl sites for hydroxylation is 1. The van der Waals surface area contributed by atoms with Crippen LogP contribution in [0.3, 0.4) is 0 Å². The highest BCUT2D eigenvalue weighted by Gasteiger charge is 2.02. The maximum absolute atomic E-state index is 5.37. The quantitative estimate of drug-likeness (QED) is 0.729. The van der Waals surface area contributed by atoms with Gasteiger partial charge in [0.15, 0.2) is 0 Å². The van der Waals surface area contributed by atoms with Gasteiger partial charge in [-0.2, -0.15) is 0 Å². The summed E-state index contributed by atoms with van der Waals surface area (Å²) in [6.45, 7) is 2.03. The molecule has 0 aliphatic carbocycles. The minimum absolute atomic E-state index is 0.882. The van der Waals surface area contributed by atoms with Gasteiger partial charge >= 0.3 is 0 Å². The predicted molar refractivity (Wildman–Crippen MR) is 71.4 cm³/mol. The zero-order valence-corrected chi connectivity index (χ0v) is 10.1. The number of ether oxygens (including phenoxy) is 1. The molecule has 0 N–H and O–H groups in total. The summed E-state index contributed by atoms with van der Waals surface area (Å²) < 4.78 is 5.37. The van der Waals surface area contributed by atoms with E-state index in [0.717, 1.165) is 22.6 Å². The molecule has 0 aromatic heterocycles. The SMILES string of the molecule is COc1c(C)cccc1C=Nc1ccccc1. The zero-order chi connectivity index (χ0) is 12.1. The van der Waals surface area contributed by atoms with Gasteiger partial charge in [-0.3, -0.25) is 4.99 Å². The molecule has 0 saturated heterocycles. The Balaban J connectivity index is 2.30.